The summed E-state index contributed by atoms with van der Waals surface area (Å²) < 4.78 is 5.24. The van der Waals surface area contributed by atoms with Crippen LogP contribution in [0.1, 0.15) is 16.8 Å². The van der Waals surface area contributed by atoms with Gasteiger partial charge in [0.2, 0.25) is 0 Å². The summed E-state index contributed by atoms with van der Waals surface area (Å²) in [6.07, 6.45) is 2.24. The van der Waals surface area contributed by atoms with E-state index in [0.717, 1.165) is 11.0 Å². The Balaban J connectivity index is 2.28. The molecule has 3 nitrogen and oxygen atoms in total. The summed E-state index contributed by atoms with van der Waals surface area (Å²) in [4.78, 5) is 12.2. The Bertz CT molecular complexity index is 521. The Morgan fingerprint density at radius 1 is 1.47 bits per heavy atom. The maximum Gasteiger partial charge on any atom is 0.179 e. The molecule has 0 aliphatic rings. The van der Waals surface area contributed by atoms with Gasteiger partial charge in [0, 0.05) is 16.8 Å². The van der Waals surface area contributed by atoms with Gasteiger partial charge >= 0.3 is 0 Å². The van der Waals surface area contributed by atoms with Crippen molar-refractivity contribution in [2.24, 2.45) is 0 Å². The van der Waals surface area contributed by atoms with Crippen molar-refractivity contribution in [3.63, 3.8) is 0 Å². The SMILES string of the molecule is CNC(CCCl)C(=O)c1ccc2occc2c1. The van der Waals surface area contributed by atoms with Gasteiger partial charge in [0.15, 0.2) is 5.78 Å². The molecule has 4 heteroatoms. The fourth-order valence-electron chi connectivity index (χ4n) is 1.84. The van der Waals surface area contributed by atoms with E-state index < -0.39 is 0 Å². The normalized spacial score (nSPS) is 12.8. The lowest BCUT2D eigenvalue weighted by molar-refractivity contribution is 0.0945. The molecule has 2 aromatic rings. The first kappa shape index (κ1) is 12.1. The number of alkyl halides is 1. The number of hydrogen-bond donors (Lipinski definition) is 1. The Kier molecular flexibility index (Phi) is 3.82. The van der Waals surface area contributed by atoms with Crippen LogP contribution in [0.2, 0.25) is 0 Å². The van der Waals surface area contributed by atoms with E-state index in [0.29, 0.717) is 17.9 Å². The van der Waals surface area contributed by atoms with Crippen molar-refractivity contribution in [2.75, 3.05) is 12.9 Å². The third kappa shape index (κ3) is 2.51. The Morgan fingerprint density at radius 2 is 2.29 bits per heavy atom. The molecule has 17 heavy (non-hydrogen) atoms. The van der Waals surface area contributed by atoms with Crippen LogP contribution >= 0.6 is 11.6 Å². The molecule has 1 aromatic carbocycles. The molecule has 0 fully saturated rings. The number of fused-ring (bicyclic) bond motifs is 1. The van der Waals surface area contributed by atoms with Crippen molar-refractivity contribution in [2.45, 2.75) is 12.5 Å². The van der Waals surface area contributed by atoms with Crippen molar-refractivity contribution in [1.82, 2.24) is 5.32 Å². The van der Waals surface area contributed by atoms with Crippen LogP contribution in [-0.4, -0.2) is 24.8 Å². The maximum absolute atomic E-state index is 12.2. The highest BCUT2D eigenvalue weighted by Crippen LogP contribution is 2.18. The van der Waals surface area contributed by atoms with Crippen LogP contribution in [0.5, 0.6) is 0 Å². The van der Waals surface area contributed by atoms with E-state index in [-0.39, 0.29) is 11.8 Å². The quantitative estimate of drug-likeness (QED) is 0.656. The molecule has 0 saturated carbocycles. The lowest BCUT2D eigenvalue weighted by atomic mass is 10.0. The topological polar surface area (TPSA) is 42.2 Å². The minimum atomic E-state index is -0.225. The largest absolute Gasteiger partial charge is 0.464 e. The average Bonchev–Trinajstić information content (AvgIpc) is 2.82. The van der Waals surface area contributed by atoms with Crippen molar-refractivity contribution in [1.29, 1.82) is 0 Å². The molecule has 1 N–H and O–H groups in total. The van der Waals surface area contributed by atoms with E-state index in [1.165, 1.54) is 0 Å². The van der Waals surface area contributed by atoms with Crippen LogP contribution in [0.25, 0.3) is 11.0 Å². The van der Waals surface area contributed by atoms with Crippen molar-refractivity contribution >= 4 is 28.4 Å². The predicted molar refractivity (Wildman–Crippen MR) is 68.7 cm³/mol. The number of ketones is 1. The van der Waals surface area contributed by atoms with E-state index in [4.69, 9.17) is 16.0 Å². The average molecular weight is 252 g/mol. The minimum absolute atomic E-state index is 0.0660. The monoisotopic (exact) mass is 251 g/mol. The lowest BCUT2D eigenvalue weighted by Gasteiger charge is -2.13. The van der Waals surface area contributed by atoms with Gasteiger partial charge in [0.25, 0.3) is 0 Å². The summed E-state index contributed by atoms with van der Waals surface area (Å²) in [6.45, 7) is 0. The van der Waals surface area contributed by atoms with Crippen LogP contribution in [-0.2, 0) is 0 Å². The number of furan rings is 1. The summed E-state index contributed by atoms with van der Waals surface area (Å²) in [5, 5.41) is 3.93. The zero-order valence-electron chi connectivity index (χ0n) is 9.57. The van der Waals surface area contributed by atoms with E-state index >= 15 is 0 Å². The van der Waals surface area contributed by atoms with E-state index in [1.54, 1.807) is 19.4 Å². The van der Waals surface area contributed by atoms with E-state index in [1.807, 2.05) is 18.2 Å². The Morgan fingerprint density at radius 3 is 3.00 bits per heavy atom. The first-order valence-corrected chi connectivity index (χ1v) is 6.04. The summed E-state index contributed by atoms with van der Waals surface area (Å²) >= 11 is 5.68. The van der Waals surface area contributed by atoms with Gasteiger partial charge in [0.05, 0.1) is 12.3 Å². The van der Waals surface area contributed by atoms with Crippen molar-refractivity contribution in [3.05, 3.63) is 36.1 Å². The number of halogens is 1. The van der Waals surface area contributed by atoms with E-state index in [2.05, 4.69) is 5.32 Å². The van der Waals surface area contributed by atoms with Crippen LogP contribution < -0.4 is 5.32 Å². The second kappa shape index (κ2) is 5.34. The van der Waals surface area contributed by atoms with Gasteiger partial charge < -0.3 is 9.73 Å². The molecular formula is C13H14ClNO2. The first-order valence-electron chi connectivity index (χ1n) is 5.51. The van der Waals surface area contributed by atoms with Gasteiger partial charge in [-0.3, -0.25) is 4.79 Å². The molecule has 2 rings (SSSR count). The molecule has 0 aliphatic carbocycles. The smallest absolute Gasteiger partial charge is 0.179 e. The minimum Gasteiger partial charge on any atom is -0.464 e. The number of nitrogens with one attached hydrogen (secondary N) is 1. The molecule has 1 aromatic heterocycles. The summed E-state index contributed by atoms with van der Waals surface area (Å²) in [7, 11) is 1.77. The third-order valence-corrected chi connectivity index (χ3v) is 3.02. The summed E-state index contributed by atoms with van der Waals surface area (Å²) in [5.41, 5.74) is 1.48. The van der Waals surface area contributed by atoms with E-state index in [9.17, 15) is 4.79 Å². The molecular weight excluding hydrogens is 238 g/mol. The number of hydrogen-bond acceptors (Lipinski definition) is 3. The van der Waals surface area contributed by atoms with Crippen LogP contribution in [0.3, 0.4) is 0 Å². The number of likely N-dealkylation sites (N-methyl/N-ethyl adjacent to an activating group) is 1. The van der Waals surface area contributed by atoms with Gasteiger partial charge in [-0.1, -0.05) is 0 Å². The summed E-state index contributed by atoms with van der Waals surface area (Å²) in [5.74, 6) is 0.529. The highest BCUT2D eigenvalue weighted by atomic mass is 35.5. The second-order valence-corrected chi connectivity index (χ2v) is 4.23. The number of rotatable bonds is 5. The number of Topliss-reactive ketones (excluding diaryl/α,β-unsaturated/α-hetero) is 1. The standard InChI is InChI=1S/C13H14ClNO2/c1-15-11(4-6-14)13(16)10-2-3-12-9(8-10)5-7-17-12/h2-3,5,7-8,11,15H,4,6H2,1H3. The van der Waals surface area contributed by atoms with Gasteiger partial charge in [-0.15, -0.1) is 11.6 Å². The van der Waals surface area contributed by atoms with Gasteiger partial charge in [0.1, 0.15) is 5.58 Å². The molecule has 0 saturated heterocycles. The molecule has 0 aliphatic heterocycles. The Labute approximate surface area is 105 Å². The zero-order chi connectivity index (χ0) is 12.3. The molecule has 1 unspecified atom stereocenters. The maximum atomic E-state index is 12.2. The van der Waals surface area contributed by atoms with Crippen LogP contribution in [0.15, 0.2) is 34.9 Å². The fourth-order valence-corrected chi connectivity index (χ4v) is 2.05. The van der Waals surface area contributed by atoms with Crippen LogP contribution in [0, 0.1) is 0 Å². The molecule has 0 radical (unpaired) electrons. The number of carbonyl (C=O) groups excluding carboxylic acids is 1. The molecule has 0 spiro atoms. The zero-order valence-corrected chi connectivity index (χ0v) is 10.3. The molecule has 1 heterocycles. The molecule has 90 valence electrons. The first-order chi connectivity index (χ1) is 8.26. The van der Waals surface area contributed by atoms with Gasteiger partial charge in [-0.25, -0.2) is 0 Å². The van der Waals surface area contributed by atoms with Gasteiger partial charge in [-0.05, 0) is 37.7 Å². The van der Waals surface area contributed by atoms with Gasteiger partial charge in [-0.2, -0.15) is 0 Å². The molecule has 1 atom stereocenters. The summed E-state index contributed by atoms with van der Waals surface area (Å²) in [6, 6.07) is 7.07. The predicted octanol–water partition coefficient (Wildman–Crippen LogP) is 2.83. The highest BCUT2D eigenvalue weighted by Gasteiger charge is 2.17. The van der Waals surface area contributed by atoms with Crippen molar-refractivity contribution in [3.8, 4) is 0 Å². The Hall–Kier alpha value is -1.32. The number of carbonyl (C=O) groups is 1. The second-order valence-electron chi connectivity index (χ2n) is 3.86. The van der Waals surface area contributed by atoms with Crippen LogP contribution in [0.4, 0.5) is 0 Å². The highest BCUT2D eigenvalue weighted by molar-refractivity contribution is 6.18. The number of benzene rings is 1. The van der Waals surface area contributed by atoms with Crippen molar-refractivity contribution < 1.29 is 9.21 Å². The lowest BCUT2D eigenvalue weighted by Crippen LogP contribution is -2.34. The molecule has 0 amide bonds. The fraction of sp³-hybridized carbons (Fsp3) is 0.308. The molecule has 0 bridgehead atoms. The third-order valence-electron chi connectivity index (χ3n) is 2.80.